The van der Waals surface area contributed by atoms with Crippen molar-refractivity contribution in [2.45, 2.75) is 83.5 Å². The molecule has 0 bridgehead atoms. The first-order valence-corrected chi connectivity index (χ1v) is 10.5. The van der Waals surface area contributed by atoms with E-state index in [-0.39, 0.29) is 12.8 Å². The predicted molar refractivity (Wildman–Crippen MR) is 106 cm³/mol. The molecule has 0 amide bonds. The summed E-state index contributed by atoms with van der Waals surface area (Å²) in [5.74, 6) is -2.86. The third kappa shape index (κ3) is 9.21. The highest BCUT2D eigenvalue weighted by Gasteiger charge is 2.53. The lowest BCUT2D eigenvalue weighted by atomic mass is 9.98. The third-order valence-electron chi connectivity index (χ3n) is 4.52. The highest BCUT2D eigenvalue weighted by molar-refractivity contribution is 5.71. The van der Waals surface area contributed by atoms with E-state index in [1.807, 2.05) is 0 Å². The molecule has 1 fully saturated rings. The summed E-state index contributed by atoms with van der Waals surface area (Å²) >= 11 is 0. The minimum Gasteiger partial charge on any atom is -0.463 e. The third-order valence-corrected chi connectivity index (χ3v) is 4.52. The van der Waals surface area contributed by atoms with Crippen molar-refractivity contribution in [2.75, 3.05) is 19.8 Å². The van der Waals surface area contributed by atoms with E-state index in [9.17, 15) is 29.4 Å². The van der Waals surface area contributed by atoms with Gasteiger partial charge in [-0.25, -0.2) is 0 Å². The Morgan fingerprint density at radius 2 is 1.42 bits per heavy atom. The molecule has 1 rings (SSSR count). The Hall–Kier alpha value is -2.32. The van der Waals surface area contributed by atoms with Gasteiger partial charge in [0.05, 0.1) is 13.2 Å². The molecule has 0 spiro atoms. The number of carbonyl (C=O) groups is 4. The molecule has 33 heavy (non-hydrogen) atoms. The van der Waals surface area contributed by atoms with Crippen molar-refractivity contribution in [3.63, 3.8) is 0 Å². The summed E-state index contributed by atoms with van der Waals surface area (Å²) in [6.07, 6.45) is -10.0. The molecule has 1 heterocycles. The molecule has 0 unspecified atom stereocenters. The minimum absolute atomic E-state index is 0.0554. The van der Waals surface area contributed by atoms with Gasteiger partial charge in [-0.2, -0.15) is 0 Å². The van der Waals surface area contributed by atoms with Crippen molar-refractivity contribution in [1.82, 2.24) is 0 Å². The van der Waals surface area contributed by atoms with Gasteiger partial charge in [0.2, 0.25) is 0 Å². The molecule has 0 saturated carbocycles. The molecule has 1 aliphatic heterocycles. The number of aliphatic hydroxyl groups excluding tert-OH is 3. The summed E-state index contributed by atoms with van der Waals surface area (Å²) in [5.41, 5.74) is 0. The zero-order valence-electron chi connectivity index (χ0n) is 19.0. The average molecular weight is 480 g/mol. The van der Waals surface area contributed by atoms with Gasteiger partial charge in [-0.05, 0) is 0 Å². The lowest BCUT2D eigenvalue weighted by molar-refractivity contribution is -0.312. The fourth-order valence-corrected chi connectivity index (χ4v) is 2.84. The molecule has 13 nitrogen and oxygen atoms in total. The molecule has 1 saturated heterocycles. The summed E-state index contributed by atoms with van der Waals surface area (Å²) in [6, 6.07) is 0. The first-order valence-electron chi connectivity index (χ1n) is 10.5. The maximum absolute atomic E-state index is 12.1. The average Bonchev–Trinajstić information content (AvgIpc) is 2.77. The van der Waals surface area contributed by atoms with E-state index in [0.29, 0.717) is 0 Å². The van der Waals surface area contributed by atoms with E-state index in [1.54, 1.807) is 0 Å². The van der Waals surface area contributed by atoms with Crippen LogP contribution >= 0.6 is 0 Å². The lowest BCUT2D eigenvalue weighted by Crippen LogP contribution is -2.63. The molecule has 3 N–H and O–H groups in total. The highest BCUT2D eigenvalue weighted by atomic mass is 16.7. The lowest BCUT2D eigenvalue weighted by Gasteiger charge is -2.44. The monoisotopic (exact) mass is 480 g/mol. The summed E-state index contributed by atoms with van der Waals surface area (Å²) in [7, 11) is 0. The number of rotatable bonds is 12. The van der Waals surface area contributed by atoms with Crippen LogP contribution in [0.2, 0.25) is 0 Å². The van der Waals surface area contributed by atoms with Crippen LogP contribution in [0.25, 0.3) is 0 Å². The van der Waals surface area contributed by atoms with Gasteiger partial charge < -0.3 is 43.7 Å². The quantitative estimate of drug-likeness (QED) is 0.219. The maximum Gasteiger partial charge on any atom is 0.306 e. The summed E-state index contributed by atoms with van der Waals surface area (Å²) in [6.45, 7) is 3.54. The molecule has 190 valence electrons. The van der Waals surface area contributed by atoms with Crippen LogP contribution in [0.1, 0.15) is 40.5 Å². The van der Waals surface area contributed by atoms with Crippen LogP contribution in [0, 0.1) is 0 Å². The Bertz CT molecular complexity index is 666. The molecule has 0 aromatic carbocycles. The molecular formula is C20H32O13. The van der Waals surface area contributed by atoms with Crippen molar-refractivity contribution in [1.29, 1.82) is 0 Å². The van der Waals surface area contributed by atoms with Crippen molar-refractivity contribution < 1.29 is 62.9 Å². The van der Waals surface area contributed by atoms with Crippen LogP contribution in [0.5, 0.6) is 0 Å². The molecule has 7 atom stereocenters. The summed E-state index contributed by atoms with van der Waals surface area (Å²) < 4.78 is 32.2. The van der Waals surface area contributed by atoms with Gasteiger partial charge in [0.15, 0.2) is 24.6 Å². The number of aliphatic hydroxyl groups is 3. The molecule has 0 aliphatic carbocycles. The molecule has 1 aliphatic rings. The molecule has 0 aromatic heterocycles. The van der Waals surface area contributed by atoms with Gasteiger partial charge in [0, 0.05) is 26.7 Å². The molecule has 0 radical (unpaired) electrons. The second-order valence-corrected chi connectivity index (χ2v) is 7.19. The first kappa shape index (κ1) is 28.7. The zero-order chi connectivity index (χ0) is 25.1. The molecule has 0 aromatic rings. The van der Waals surface area contributed by atoms with Crippen molar-refractivity contribution in [3.05, 3.63) is 0 Å². The van der Waals surface area contributed by atoms with Gasteiger partial charge in [0.25, 0.3) is 0 Å². The standard InChI is InChI=1S/C20H32O13/c1-5-15(26)32-18-17(30-11(4)23)14(9-28-10(3)22)31-20(19(18)33-16(27)6-2)29-8-13(25)12(24)7-21/h12-14,17-21,24-25H,5-9H2,1-4H3/t12-,13+,14+,17+,18-,19-,20+/m0/s1. The Morgan fingerprint density at radius 3 is 1.91 bits per heavy atom. The normalized spacial score (nSPS) is 26.6. The van der Waals surface area contributed by atoms with E-state index in [4.69, 9.17) is 33.5 Å². The van der Waals surface area contributed by atoms with Gasteiger partial charge in [-0.1, -0.05) is 13.8 Å². The van der Waals surface area contributed by atoms with Crippen LogP contribution in [0.3, 0.4) is 0 Å². The second kappa shape index (κ2) is 14.1. The number of carbonyl (C=O) groups excluding carboxylic acids is 4. The van der Waals surface area contributed by atoms with E-state index in [1.165, 1.54) is 13.8 Å². The van der Waals surface area contributed by atoms with Crippen LogP contribution < -0.4 is 0 Å². The minimum atomic E-state index is -1.53. The van der Waals surface area contributed by atoms with Crippen LogP contribution in [0.4, 0.5) is 0 Å². The van der Waals surface area contributed by atoms with Crippen molar-refractivity contribution in [2.24, 2.45) is 0 Å². The van der Waals surface area contributed by atoms with Crippen molar-refractivity contribution in [3.8, 4) is 0 Å². The molecule has 13 heteroatoms. The van der Waals surface area contributed by atoms with Crippen LogP contribution in [-0.2, 0) is 47.6 Å². The Balaban J connectivity index is 3.32. The van der Waals surface area contributed by atoms with E-state index in [0.717, 1.165) is 13.8 Å². The molecular weight excluding hydrogens is 448 g/mol. The van der Waals surface area contributed by atoms with Gasteiger partial charge in [-0.3, -0.25) is 19.2 Å². The van der Waals surface area contributed by atoms with Crippen LogP contribution in [0.15, 0.2) is 0 Å². The largest absolute Gasteiger partial charge is 0.463 e. The zero-order valence-corrected chi connectivity index (χ0v) is 19.0. The number of hydrogen-bond acceptors (Lipinski definition) is 13. The number of esters is 4. The fourth-order valence-electron chi connectivity index (χ4n) is 2.84. The Labute approximate surface area is 190 Å². The van der Waals surface area contributed by atoms with Crippen molar-refractivity contribution >= 4 is 23.9 Å². The highest BCUT2D eigenvalue weighted by Crippen LogP contribution is 2.30. The topological polar surface area (TPSA) is 184 Å². The summed E-state index contributed by atoms with van der Waals surface area (Å²) in [4.78, 5) is 47.2. The fraction of sp³-hybridized carbons (Fsp3) is 0.800. The maximum atomic E-state index is 12.1. The van der Waals surface area contributed by atoms with Gasteiger partial charge in [-0.15, -0.1) is 0 Å². The van der Waals surface area contributed by atoms with Crippen LogP contribution in [-0.4, -0.2) is 102 Å². The summed E-state index contributed by atoms with van der Waals surface area (Å²) in [5, 5.41) is 28.4. The van der Waals surface area contributed by atoms with E-state index < -0.39 is 86.6 Å². The Kier molecular flexibility index (Phi) is 12.2. The second-order valence-electron chi connectivity index (χ2n) is 7.19. The SMILES string of the molecule is CCC(=O)O[C@@H]1[C@H](OC(=O)CC)[C@H](OC[C@@H](O)[C@@H](O)CO)O[C@H](COC(C)=O)[C@H]1OC(C)=O. The first-order chi connectivity index (χ1) is 15.5. The van der Waals surface area contributed by atoms with Gasteiger partial charge in [0.1, 0.15) is 24.9 Å². The van der Waals surface area contributed by atoms with E-state index in [2.05, 4.69) is 0 Å². The van der Waals surface area contributed by atoms with Gasteiger partial charge >= 0.3 is 23.9 Å². The van der Waals surface area contributed by atoms with E-state index >= 15 is 0 Å². The smallest absolute Gasteiger partial charge is 0.306 e. The number of ether oxygens (including phenoxy) is 6. The number of hydrogen-bond donors (Lipinski definition) is 3. The Morgan fingerprint density at radius 1 is 0.848 bits per heavy atom. The predicted octanol–water partition coefficient (Wildman–Crippen LogP) is -1.42.